The van der Waals surface area contributed by atoms with Crippen molar-refractivity contribution in [2.75, 3.05) is 11.3 Å². The molecule has 0 saturated heterocycles. The van der Waals surface area contributed by atoms with Crippen molar-refractivity contribution >= 4 is 32.7 Å². The third kappa shape index (κ3) is 5.23. The lowest BCUT2D eigenvalue weighted by Gasteiger charge is -2.13. The molecule has 1 aromatic heterocycles. The van der Waals surface area contributed by atoms with Crippen molar-refractivity contribution < 1.29 is 13.2 Å². The van der Waals surface area contributed by atoms with Gasteiger partial charge in [0.2, 0.25) is 0 Å². The van der Waals surface area contributed by atoms with Gasteiger partial charge in [-0.25, -0.2) is 13.4 Å². The van der Waals surface area contributed by atoms with Crippen LogP contribution in [0.1, 0.15) is 33.7 Å². The van der Waals surface area contributed by atoms with Gasteiger partial charge in [-0.3, -0.25) is 9.52 Å². The molecule has 0 fully saturated rings. The number of hydrogen-bond acceptors (Lipinski definition) is 4. The first-order valence-corrected chi connectivity index (χ1v) is 12.2. The fourth-order valence-corrected chi connectivity index (χ4v) is 4.74. The average Bonchev–Trinajstić information content (AvgIpc) is 3.21. The van der Waals surface area contributed by atoms with Crippen LogP contribution in [0, 0.1) is 13.8 Å². The largest absolute Gasteiger partial charge is 0.352 e. The highest BCUT2D eigenvalue weighted by molar-refractivity contribution is 7.92. The molecule has 0 aliphatic carbocycles. The number of imidazole rings is 1. The number of aryl methyl sites for hydroxylation is 3. The van der Waals surface area contributed by atoms with E-state index in [1.54, 1.807) is 25.1 Å². The van der Waals surface area contributed by atoms with E-state index in [0.29, 0.717) is 36.2 Å². The molecule has 8 heteroatoms. The number of fused-ring (bicyclic) bond motifs is 1. The van der Waals surface area contributed by atoms with E-state index in [-0.39, 0.29) is 10.8 Å². The lowest BCUT2D eigenvalue weighted by molar-refractivity contribution is 0.0952. The van der Waals surface area contributed by atoms with Gasteiger partial charge >= 0.3 is 0 Å². The molecule has 4 rings (SSSR count). The number of carbonyl (C=O) groups is 1. The van der Waals surface area contributed by atoms with Crippen molar-refractivity contribution in [1.29, 1.82) is 0 Å². The van der Waals surface area contributed by atoms with Crippen molar-refractivity contribution in [1.82, 2.24) is 15.3 Å². The maximum Gasteiger partial charge on any atom is 0.261 e. The molecule has 0 aliphatic heterocycles. The molecule has 3 N–H and O–H groups in total. The molecular weight excluding hydrogens is 436 g/mol. The first-order chi connectivity index (χ1) is 15.8. The summed E-state index contributed by atoms with van der Waals surface area (Å²) in [7, 11) is -3.83. The summed E-state index contributed by atoms with van der Waals surface area (Å²) in [4.78, 5) is 20.6. The van der Waals surface area contributed by atoms with Gasteiger partial charge in [-0.1, -0.05) is 36.4 Å². The van der Waals surface area contributed by atoms with Crippen molar-refractivity contribution in [3.8, 4) is 0 Å². The van der Waals surface area contributed by atoms with E-state index in [9.17, 15) is 13.2 Å². The van der Waals surface area contributed by atoms with Crippen LogP contribution in [0.15, 0.2) is 71.6 Å². The number of nitrogens with one attached hydrogen (secondary N) is 3. The monoisotopic (exact) mass is 462 g/mol. The number of anilines is 1. The Balaban J connectivity index is 1.40. The van der Waals surface area contributed by atoms with E-state index in [1.807, 2.05) is 43.3 Å². The molecule has 0 atom stereocenters. The fraction of sp³-hybridized carbons (Fsp3) is 0.200. The van der Waals surface area contributed by atoms with Gasteiger partial charge in [0.25, 0.3) is 15.9 Å². The Morgan fingerprint density at radius 1 is 0.970 bits per heavy atom. The third-order valence-electron chi connectivity index (χ3n) is 5.47. The molecule has 33 heavy (non-hydrogen) atoms. The van der Waals surface area contributed by atoms with E-state index in [4.69, 9.17) is 0 Å². The number of aromatic amines is 1. The van der Waals surface area contributed by atoms with E-state index in [2.05, 4.69) is 20.0 Å². The molecule has 1 amide bonds. The van der Waals surface area contributed by atoms with Crippen molar-refractivity contribution in [3.05, 3.63) is 89.2 Å². The molecule has 1 heterocycles. The molecule has 0 spiro atoms. The second kappa shape index (κ2) is 9.46. The molecule has 0 saturated carbocycles. The SMILES string of the molecule is Cc1ccccc1NS(=O)(=O)c1ccc(C)c(C(=O)NCCCc2nc3ccccc3[nH]2)c1. The number of para-hydroxylation sites is 3. The molecule has 0 bridgehead atoms. The molecule has 4 aromatic rings. The van der Waals surface area contributed by atoms with Crippen LogP contribution in [-0.2, 0) is 16.4 Å². The molecule has 0 radical (unpaired) electrons. The summed E-state index contributed by atoms with van der Waals surface area (Å²) in [5, 5.41) is 2.89. The third-order valence-corrected chi connectivity index (χ3v) is 6.83. The fourth-order valence-electron chi connectivity index (χ4n) is 3.58. The Bertz CT molecular complexity index is 1380. The number of H-pyrrole nitrogens is 1. The number of aromatic nitrogens is 2. The quantitative estimate of drug-likeness (QED) is 0.339. The van der Waals surface area contributed by atoms with E-state index >= 15 is 0 Å². The predicted octanol–water partition coefficient (Wildman–Crippen LogP) is 4.34. The second-order valence-electron chi connectivity index (χ2n) is 7.96. The van der Waals surface area contributed by atoms with Gasteiger partial charge in [-0.2, -0.15) is 0 Å². The zero-order valence-corrected chi connectivity index (χ0v) is 19.4. The molecule has 3 aromatic carbocycles. The molecule has 7 nitrogen and oxygen atoms in total. The van der Waals surface area contributed by atoms with E-state index in [0.717, 1.165) is 22.4 Å². The minimum Gasteiger partial charge on any atom is -0.352 e. The molecule has 0 aliphatic rings. The van der Waals surface area contributed by atoms with Crippen LogP contribution in [0.5, 0.6) is 0 Å². The highest BCUT2D eigenvalue weighted by Crippen LogP contribution is 2.21. The number of hydrogen-bond donors (Lipinski definition) is 3. The van der Waals surface area contributed by atoms with Crippen LogP contribution in [-0.4, -0.2) is 30.8 Å². The second-order valence-corrected chi connectivity index (χ2v) is 9.64. The number of rotatable bonds is 8. The standard InChI is InChI=1S/C25H26N4O3S/c1-17-13-14-19(33(31,32)29-21-9-4-3-8-18(21)2)16-20(17)25(30)26-15-7-12-24-27-22-10-5-6-11-23(22)28-24/h3-6,8-11,13-14,16,29H,7,12,15H2,1-2H3,(H,26,30)(H,27,28). The van der Waals surface area contributed by atoms with Crippen LogP contribution >= 0.6 is 0 Å². The summed E-state index contributed by atoms with van der Waals surface area (Å²) in [6.45, 7) is 4.07. The van der Waals surface area contributed by atoms with Crippen molar-refractivity contribution in [2.24, 2.45) is 0 Å². The zero-order chi connectivity index (χ0) is 23.4. The van der Waals surface area contributed by atoms with E-state index < -0.39 is 10.0 Å². The van der Waals surface area contributed by atoms with Gasteiger partial charge < -0.3 is 10.3 Å². The van der Waals surface area contributed by atoms with Crippen LogP contribution in [0.2, 0.25) is 0 Å². The Morgan fingerprint density at radius 3 is 2.52 bits per heavy atom. The van der Waals surface area contributed by atoms with Gasteiger partial charge in [0, 0.05) is 18.5 Å². The van der Waals surface area contributed by atoms with Crippen LogP contribution in [0.25, 0.3) is 11.0 Å². The summed E-state index contributed by atoms with van der Waals surface area (Å²) >= 11 is 0. The Hall–Kier alpha value is -3.65. The molecule has 0 unspecified atom stereocenters. The summed E-state index contributed by atoms with van der Waals surface area (Å²) in [5.74, 6) is 0.571. The summed E-state index contributed by atoms with van der Waals surface area (Å²) in [5.41, 5.74) is 4.28. The summed E-state index contributed by atoms with van der Waals surface area (Å²) in [6, 6.07) is 19.6. The number of amides is 1. The normalized spacial score (nSPS) is 11.5. The zero-order valence-electron chi connectivity index (χ0n) is 18.6. The van der Waals surface area contributed by atoms with Gasteiger partial charge in [0.05, 0.1) is 21.6 Å². The maximum atomic E-state index is 12.9. The summed E-state index contributed by atoms with van der Waals surface area (Å²) < 4.78 is 28.4. The van der Waals surface area contributed by atoms with Gasteiger partial charge in [0.15, 0.2) is 0 Å². The number of nitrogens with zero attached hydrogens (tertiary/aromatic N) is 1. The van der Waals surface area contributed by atoms with Crippen molar-refractivity contribution in [3.63, 3.8) is 0 Å². The minimum atomic E-state index is -3.83. The summed E-state index contributed by atoms with van der Waals surface area (Å²) in [6.07, 6.45) is 1.40. The van der Waals surface area contributed by atoms with Crippen LogP contribution in [0.3, 0.4) is 0 Å². The average molecular weight is 463 g/mol. The first-order valence-electron chi connectivity index (χ1n) is 10.7. The van der Waals surface area contributed by atoms with Crippen LogP contribution in [0.4, 0.5) is 5.69 Å². The maximum absolute atomic E-state index is 12.9. The predicted molar refractivity (Wildman–Crippen MR) is 130 cm³/mol. The van der Waals surface area contributed by atoms with Gasteiger partial charge in [-0.15, -0.1) is 0 Å². The first kappa shape index (κ1) is 22.5. The number of benzene rings is 3. The highest BCUT2D eigenvalue weighted by Gasteiger charge is 2.19. The van der Waals surface area contributed by atoms with E-state index in [1.165, 1.54) is 12.1 Å². The lowest BCUT2D eigenvalue weighted by Crippen LogP contribution is -2.26. The Kier molecular flexibility index (Phi) is 6.46. The smallest absolute Gasteiger partial charge is 0.261 e. The Labute approximate surface area is 193 Å². The molecule has 170 valence electrons. The Morgan fingerprint density at radius 2 is 1.73 bits per heavy atom. The lowest BCUT2D eigenvalue weighted by atomic mass is 10.1. The molecular formula is C25H26N4O3S. The van der Waals surface area contributed by atoms with Gasteiger partial charge in [-0.05, 0) is 61.7 Å². The van der Waals surface area contributed by atoms with Crippen molar-refractivity contribution in [2.45, 2.75) is 31.6 Å². The highest BCUT2D eigenvalue weighted by atomic mass is 32.2. The topological polar surface area (TPSA) is 104 Å². The van der Waals surface area contributed by atoms with Gasteiger partial charge in [0.1, 0.15) is 5.82 Å². The number of sulfonamides is 1. The number of carbonyl (C=O) groups excluding carboxylic acids is 1. The minimum absolute atomic E-state index is 0.0452. The van der Waals surface area contributed by atoms with Crippen LogP contribution < -0.4 is 10.0 Å².